The molecule has 1 aromatic rings. The van der Waals surface area contributed by atoms with E-state index in [4.69, 9.17) is 22.4 Å². The maximum Gasteiger partial charge on any atom is 0.339 e. The molecule has 0 radical (unpaired) electrons. The van der Waals surface area contributed by atoms with Crippen molar-refractivity contribution >= 4 is 29.3 Å². The van der Waals surface area contributed by atoms with Gasteiger partial charge in [0.2, 0.25) is 0 Å². The third kappa shape index (κ3) is 2.74. The highest BCUT2D eigenvalue weighted by atomic mass is 35.5. The normalized spacial score (nSPS) is 10.7. The van der Waals surface area contributed by atoms with E-state index in [1.807, 2.05) is 0 Å². The fourth-order valence-corrected chi connectivity index (χ4v) is 1.43. The molecule has 0 saturated carbocycles. The number of halogens is 1. The van der Waals surface area contributed by atoms with Crippen molar-refractivity contribution in [3.8, 4) is 0 Å². The summed E-state index contributed by atoms with van der Waals surface area (Å²) in [6.45, 7) is -0.103. The van der Waals surface area contributed by atoms with Gasteiger partial charge in [-0.25, -0.2) is 4.79 Å². The average molecular weight is 242 g/mol. The smallest absolute Gasteiger partial charge is 0.339 e. The highest BCUT2D eigenvalue weighted by Crippen LogP contribution is 2.25. The number of esters is 1. The first-order chi connectivity index (χ1) is 7.60. The molecule has 0 amide bonds. The van der Waals surface area contributed by atoms with Crippen LogP contribution in [0.1, 0.15) is 15.9 Å². The van der Waals surface area contributed by atoms with E-state index in [2.05, 4.69) is 4.74 Å². The largest absolute Gasteiger partial charge is 0.465 e. The Bertz CT molecular complexity index is 429. The van der Waals surface area contributed by atoms with Crippen LogP contribution in [0.2, 0.25) is 5.02 Å². The highest BCUT2D eigenvalue weighted by Gasteiger charge is 2.12. The number of rotatable bonds is 3. The molecule has 0 aliphatic carbocycles. The van der Waals surface area contributed by atoms with Crippen LogP contribution in [0.5, 0.6) is 0 Å². The fraction of sp³-hybridized carbons (Fsp3) is 0.182. The van der Waals surface area contributed by atoms with Gasteiger partial charge >= 0.3 is 5.97 Å². The van der Waals surface area contributed by atoms with Gasteiger partial charge in [-0.15, -0.1) is 0 Å². The molecule has 86 valence electrons. The van der Waals surface area contributed by atoms with E-state index in [1.54, 1.807) is 6.08 Å². The van der Waals surface area contributed by atoms with Crippen LogP contribution in [0.25, 0.3) is 6.08 Å². The molecule has 0 bridgehead atoms. The Balaban J connectivity index is 3.21. The predicted molar refractivity (Wildman–Crippen MR) is 63.3 cm³/mol. The van der Waals surface area contributed by atoms with E-state index in [-0.39, 0.29) is 17.9 Å². The molecular weight excluding hydrogens is 230 g/mol. The van der Waals surface area contributed by atoms with Crippen molar-refractivity contribution < 1.29 is 14.6 Å². The van der Waals surface area contributed by atoms with Crippen LogP contribution in [-0.4, -0.2) is 24.8 Å². The topological polar surface area (TPSA) is 72.5 Å². The number of methoxy groups -OCH3 is 1. The van der Waals surface area contributed by atoms with Crippen LogP contribution in [-0.2, 0) is 4.74 Å². The summed E-state index contributed by atoms with van der Waals surface area (Å²) >= 11 is 5.92. The number of hydrogen-bond acceptors (Lipinski definition) is 4. The molecule has 0 aromatic heterocycles. The van der Waals surface area contributed by atoms with Gasteiger partial charge in [0.05, 0.1) is 19.3 Å². The molecule has 1 aromatic carbocycles. The maximum absolute atomic E-state index is 11.4. The minimum atomic E-state index is -0.521. The first-order valence-corrected chi connectivity index (χ1v) is 4.92. The van der Waals surface area contributed by atoms with Crippen LogP contribution in [0.3, 0.4) is 0 Å². The zero-order chi connectivity index (χ0) is 12.1. The van der Waals surface area contributed by atoms with Crippen molar-refractivity contribution in [1.29, 1.82) is 0 Å². The lowest BCUT2D eigenvalue weighted by molar-refractivity contribution is 0.0602. The molecule has 0 aliphatic rings. The van der Waals surface area contributed by atoms with E-state index < -0.39 is 5.97 Å². The number of carbonyl (C=O) groups excluding carboxylic acids is 1. The summed E-state index contributed by atoms with van der Waals surface area (Å²) < 4.78 is 4.58. The van der Waals surface area contributed by atoms with Gasteiger partial charge in [0.1, 0.15) is 0 Å². The summed E-state index contributed by atoms with van der Waals surface area (Å²) in [6.07, 6.45) is 3.12. The van der Waals surface area contributed by atoms with Crippen molar-refractivity contribution in [3.05, 3.63) is 34.4 Å². The number of benzene rings is 1. The Morgan fingerprint density at radius 1 is 1.62 bits per heavy atom. The summed E-state index contributed by atoms with van der Waals surface area (Å²) in [7, 11) is 1.28. The Morgan fingerprint density at radius 2 is 2.31 bits per heavy atom. The average Bonchev–Trinajstić information content (AvgIpc) is 2.27. The van der Waals surface area contributed by atoms with Crippen molar-refractivity contribution in [2.45, 2.75) is 0 Å². The minimum absolute atomic E-state index is 0.103. The summed E-state index contributed by atoms with van der Waals surface area (Å²) in [5, 5.41) is 9.06. The van der Waals surface area contributed by atoms with Gasteiger partial charge in [-0.2, -0.15) is 0 Å². The molecule has 1 rings (SSSR count). The summed E-state index contributed by atoms with van der Waals surface area (Å²) in [5.41, 5.74) is 6.76. The lowest BCUT2D eigenvalue weighted by Crippen LogP contribution is -2.06. The van der Waals surface area contributed by atoms with Crippen molar-refractivity contribution in [2.75, 3.05) is 19.5 Å². The van der Waals surface area contributed by atoms with Gasteiger partial charge in [0.25, 0.3) is 0 Å². The van der Waals surface area contributed by atoms with Gasteiger partial charge in [0.15, 0.2) is 0 Å². The second-order valence-electron chi connectivity index (χ2n) is 3.04. The van der Waals surface area contributed by atoms with Crippen LogP contribution < -0.4 is 5.73 Å². The van der Waals surface area contributed by atoms with Gasteiger partial charge in [-0.05, 0) is 17.7 Å². The quantitative estimate of drug-likeness (QED) is 0.624. The number of nitrogen functional groups attached to an aromatic ring is 1. The third-order valence-electron chi connectivity index (χ3n) is 1.98. The van der Waals surface area contributed by atoms with Gasteiger partial charge < -0.3 is 15.6 Å². The number of aliphatic hydroxyl groups is 1. The van der Waals surface area contributed by atoms with E-state index in [0.29, 0.717) is 10.6 Å². The van der Waals surface area contributed by atoms with Crippen molar-refractivity contribution in [2.24, 2.45) is 0 Å². The highest BCUT2D eigenvalue weighted by molar-refractivity contribution is 6.32. The number of aliphatic hydroxyl groups excluding tert-OH is 1. The molecular formula is C11H12ClNO3. The SMILES string of the molecule is COC(=O)c1cc(C=CCO)c(Cl)cc1N. The predicted octanol–water partition coefficient (Wildman–Crippen LogP) is 1.71. The molecule has 5 heteroatoms. The lowest BCUT2D eigenvalue weighted by atomic mass is 10.1. The molecule has 0 saturated heterocycles. The number of ether oxygens (including phenoxy) is 1. The third-order valence-corrected chi connectivity index (χ3v) is 2.30. The molecule has 0 aliphatic heterocycles. The molecule has 16 heavy (non-hydrogen) atoms. The van der Waals surface area contributed by atoms with E-state index in [9.17, 15) is 4.79 Å². The number of anilines is 1. The number of carbonyl (C=O) groups is 1. The van der Waals surface area contributed by atoms with E-state index in [1.165, 1.54) is 25.3 Å². The molecule has 0 spiro atoms. The Labute approximate surface area is 98.3 Å². The molecule has 3 N–H and O–H groups in total. The van der Waals surface area contributed by atoms with Crippen LogP contribution in [0, 0.1) is 0 Å². The molecule has 0 unspecified atom stereocenters. The Hall–Kier alpha value is -1.52. The number of hydrogen-bond donors (Lipinski definition) is 2. The van der Waals surface area contributed by atoms with Gasteiger partial charge in [-0.3, -0.25) is 0 Å². The first-order valence-electron chi connectivity index (χ1n) is 4.55. The maximum atomic E-state index is 11.4. The lowest BCUT2D eigenvalue weighted by Gasteiger charge is -2.06. The zero-order valence-corrected chi connectivity index (χ0v) is 9.49. The van der Waals surface area contributed by atoms with Gasteiger partial charge in [0, 0.05) is 10.7 Å². The second kappa shape index (κ2) is 5.53. The van der Waals surface area contributed by atoms with E-state index >= 15 is 0 Å². The Kier molecular flexibility index (Phi) is 4.34. The monoisotopic (exact) mass is 241 g/mol. The van der Waals surface area contributed by atoms with Crippen molar-refractivity contribution in [1.82, 2.24) is 0 Å². The molecule has 0 heterocycles. The molecule has 4 nitrogen and oxygen atoms in total. The fourth-order valence-electron chi connectivity index (χ4n) is 1.20. The number of nitrogens with two attached hydrogens (primary N) is 1. The molecule has 0 fully saturated rings. The van der Waals surface area contributed by atoms with Crippen molar-refractivity contribution in [3.63, 3.8) is 0 Å². The summed E-state index contributed by atoms with van der Waals surface area (Å²) in [6, 6.07) is 3.00. The minimum Gasteiger partial charge on any atom is -0.465 e. The van der Waals surface area contributed by atoms with Crippen LogP contribution >= 0.6 is 11.6 Å². The first kappa shape index (κ1) is 12.5. The Morgan fingerprint density at radius 3 is 2.88 bits per heavy atom. The standard InChI is InChI=1S/C11H12ClNO3/c1-16-11(15)8-5-7(3-2-4-14)9(12)6-10(8)13/h2-3,5-6,14H,4,13H2,1H3. The van der Waals surface area contributed by atoms with E-state index in [0.717, 1.165) is 0 Å². The zero-order valence-electron chi connectivity index (χ0n) is 8.74. The summed E-state index contributed by atoms with van der Waals surface area (Å²) in [5.74, 6) is -0.521. The van der Waals surface area contributed by atoms with Crippen LogP contribution in [0.4, 0.5) is 5.69 Å². The molecule has 0 atom stereocenters. The van der Waals surface area contributed by atoms with Gasteiger partial charge in [-0.1, -0.05) is 23.8 Å². The second-order valence-corrected chi connectivity index (χ2v) is 3.44. The van der Waals surface area contributed by atoms with Crippen LogP contribution in [0.15, 0.2) is 18.2 Å². The summed E-state index contributed by atoms with van der Waals surface area (Å²) in [4.78, 5) is 11.4.